The van der Waals surface area contributed by atoms with E-state index < -0.39 is 0 Å². The number of fused-ring (bicyclic) bond motifs is 1. The summed E-state index contributed by atoms with van der Waals surface area (Å²) in [7, 11) is 1.74. The molecule has 0 saturated carbocycles. The van der Waals surface area contributed by atoms with Gasteiger partial charge in [-0.1, -0.05) is 23.7 Å². The Hall–Kier alpha value is -2.20. The monoisotopic (exact) mass is 303 g/mol. The third-order valence-electron chi connectivity index (χ3n) is 3.36. The molecule has 1 aliphatic heterocycles. The van der Waals surface area contributed by atoms with Crippen molar-refractivity contribution < 1.29 is 14.3 Å². The molecule has 0 aromatic heterocycles. The summed E-state index contributed by atoms with van der Waals surface area (Å²) in [6.07, 6.45) is 0.297. The first-order valence-electron chi connectivity index (χ1n) is 6.54. The Kier molecular flexibility index (Phi) is 3.71. The number of benzene rings is 2. The zero-order valence-corrected chi connectivity index (χ0v) is 12.3. The predicted octanol–water partition coefficient (Wildman–Crippen LogP) is 3.27. The molecule has 1 aliphatic rings. The van der Waals surface area contributed by atoms with Crippen LogP contribution in [0.1, 0.15) is 5.56 Å². The maximum absolute atomic E-state index is 12.3. The second-order valence-electron chi connectivity index (χ2n) is 4.80. The largest absolute Gasteiger partial charge is 0.454 e. The van der Waals surface area contributed by atoms with Gasteiger partial charge in [-0.3, -0.25) is 4.79 Å². The van der Waals surface area contributed by atoms with Crippen LogP contribution in [0.5, 0.6) is 11.5 Å². The van der Waals surface area contributed by atoms with Gasteiger partial charge >= 0.3 is 0 Å². The van der Waals surface area contributed by atoms with Gasteiger partial charge in [0.05, 0.1) is 6.42 Å². The zero-order valence-electron chi connectivity index (χ0n) is 11.5. The van der Waals surface area contributed by atoms with Crippen LogP contribution in [0.4, 0.5) is 5.69 Å². The first kappa shape index (κ1) is 13.8. The molecule has 0 spiro atoms. The summed E-state index contributed by atoms with van der Waals surface area (Å²) in [5.41, 5.74) is 1.66. The molecule has 5 heteroatoms. The van der Waals surface area contributed by atoms with Crippen molar-refractivity contribution in [3.63, 3.8) is 0 Å². The van der Waals surface area contributed by atoms with Gasteiger partial charge in [-0.25, -0.2) is 0 Å². The van der Waals surface area contributed by atoms with Gasteiger partial charge in [0.15, 0.2) is 11.5 Å². The molecule has 4 nitrogen and oxygen atoms in total. The molecular weight excluding hydrogens is 290 g/mol. The molecular formula is C16H14ClNO3. The second kappa shape index (κ2) is 5.66. The summed E-state index contributed by atoms with van der Waals surface area (Å²) >= 11 is 5.93. The summed E-state index contributed by atoms with van der Waals surface area (Å²) in [6, 6.07) is 12.8. The molecule has 1 heterocycles. The van der Waals surface area contributed by atoms with E-state index in [-0.39, 0.29) is 12.7 Å². The molecule has 108 valence electrons. The van der Waals surface area contributed by atoms with E-state index in [0.717, 1.165) is 11.3 Å². The van der Waals surface area contributed by atoms with Crippen LogP contribution >= 0.6 is 11.6 Å². The third kappa shape index (κ3) is 2.95. The number of anilines is 1. The number of nitrogens with zero attached hydrogens (tertiary/aromatic N) is 1. The minimum atomic E-state index is -0.0175. The Morgan fingerprint density at radius 3 is 2.81 bits per heavy atom. The van der Waals surface area contributed by atoms with Crippen molar-refractivity contribution in [3.05, 3.63) is 53.1 Å². The summed E-state index contributed by atoms with van der Waals surface area (Å²) in [5, 5.41) is 0.631. The lowest BCUT2D eigenvalue weighted by Crippen LogP contribution is -2.27. The smallest absolute Gasteiger partial charge is 0.231 e. The quantitative estimate of drug-likeness (QED) is 0.873. The zero-order chi connectivity index (χ0) is 14.8. The fourth-order valence-corrected chi connectivity index (χ4v) is 2.39. The molecule has 0 unspecified atom stereocenters. The van der Waals surface area contributed by atoms with E-state index >= 15 is 0 Å². The van der Waals surface area contributed by atoms with Crippen LogP contribution in [0.15, 0.2) is 42.5 Å². The average Bonchev–Trinajstić information content (AvgIpc) is 2.93. The second-order valence-corrected chi connectivity index (χ2v) is 5.23. The lowest BCUT2D eigenvalue weighted by Gasteiger charge is -2.17. The highest BCUT2D eigenvalue weighted by atomic mass is 35.5. The fourth-order valence-electron chi connectivity index (χ4n) is 2.18. The van der Waals surface area contributed by atoms with Gasteiger partial charge in [-0.15, -0.1) is 0 Å². The van der Waals surface area contributed by atoms with Gasteiger partial charge in [-0.05, 0) is 29.8 Å². The predicted molar refractivity (Wildman–Crippen MR) is 81.1 cm³/mol. The maximum Gasteiger partial charge on any atom is 0.231 e. The molecule has 3 rings (SSSR count). The highest BCUT2D eigenvalue weighted by Crippen LogP contribution is 2.35. The van der Waals surface area contributed by atoms with Crippen molar-refractivity contribution in [1.29, 1.82) is 0 Å². The van der Waals surface area contributed by atoms with Crippen molar-refractivity contribution >= 4 is 23.2 Å². The molecule has 0 atom stereocenters. The van der Waals surface area contributed by atoms with Crippen LogP contribution in [0, 0.1) is 0 Å². The van der Waals surface area contributed by atoms with Crippen LogP contribution in [0.2, 0.25) is 5.02 Å². The first-order chi connectivity index (χ1) is 10.1. The maximum atomic E-state index is 12.3. The molecule has 0 bridgehead atoms. The SMILES string of the molecule is CN(C(=O)Cc1cccc(Cl)c1)c1ccc2c(c1)OCO2. The van der Waals surface area contributed by atoms with Gasteiger partial charge in [-0.2, -0.15) is 0 Å². The summed E-state index contributed by atoms with van der Waals surface area (Å²) < 4.78 is 10.6. The van der Waals surface area contributed by atoms with Gasteiger partial charge in [0.2, 0.25) is 12.7 Å². The summed E-state index contributed by atoms with van der Waals surface area (Å²) in [4.78, 5) is 13.9. The number of hydrogen-bond acceptors (Lipinski definition) is 3. The van der Waals surface area contributed by atoms with Crippen LogP contribution in [0.3, 0.4) is 0 Å². The first-order valence-corrected chi connectivity index (χ1v) is 6.92. The lowest BCUT2D eigenvalue weighted by atomic mass is 10.1. The summed E-state index contributed by atoms with van der Waals surface area (Å²) in [6.45, 7) is 0.221. The van der Waals surface area contributed by atoms with E-state index in [4.69, 9.17) is 21.1 Å². The van der Waals surface area contributed by atoms with Crippen molar-refractivity contribution in [2.75, 3.05) is 18.7 Å². The molecule has 1 amide bonds. The molecule has 0 aliphatic carbocycles. The van der Waals surface area contributed by atoms with Crippen LogP contribution in [-0.4, -0.2) is 19.7 Å². The number of rotatable bonds is 3. The number of likely N-dealkylation sites (N-methyl/N-ethyl adjacent to an activating group) is 1. The van der Waals surface area contributed by atoms with E-state index in [1.54, 1.807) is 36.2 Å². The number of amides is 1. The highest BCUT2D eigenvalue weighted by Gasteiger charge is 2.17. The Balaban J connectivity index is 1.75. The fraction of sp³-hybridized carbons (Fsp3) is 0.188. The number of carbonyl (C=O) groups is 1. The van der Waals surface area contributed by atoms with Crippen LogP contribution < -0.4 is 14.4 Å². The topological polar surface area (TPSA) is 38.8 Å². The van der Waals surface area contributed by atoms with Gasteiger partial charge in [0, 0.05) is 23.8 Å². The van der Waals surface area contributed by atoms with E-state index in [2.05, 4.69) is 0 Å². The van der Waals surface area contributed by atoms with Crippen molar-refractivity contribution in [2.24, 2.45) is 0 Å². The molecule has 0 radical (unpaired) electrons. The molecule has 2 aromatic rings. The Labute approximate surface area is 127 Å². The molecule has 0 saturated heterocycles. The van der Waals surface area contributed by atoms with Crippen molar-refractivity contribution in [1.82, 2.24) is 0 Å². The highest BCUT2D eigenvalue weighted by molar-refractivity contribution is 6.30. The van der Waals surface area contributed by atoms with Gasteiger partial charge in [0.1, 0.15) is 0 Å². The van der Waals surface area contributed by atoms with Crippen molar-refractivity contribution in [2.45, 2.75) is 6.42 Å². The van der Waals surface area contributed by atoms with E-state index in [9.17, 15) is 4.79 Å². The summed E-state index contributed by atoms with van der Waals surface area (Å²) in [5.74, 6) is 1.35. The standard InChI is InChI=1S/C16H14ClNO3/c1-18(13-5-6-14-15(9-13)21-10-20-14)16(19)8-11-3-2-4-12(17)7-11/h2-7,9H,8,10H2,1H3. The lowest BCUT2D eigenvalue weighted by molar-refractivity contribution is -0.117. The van der Waals surface area contributed by atoms with Gasteiger partial charge < -0.3 is 14.4 Å². The number of halogens is 1. The number of hydrogen-bond donors (Lipinski definition) is 0. The minimum absolute atomic E-state index is 0.0175. The average molecular weight is 304 g/mol. The molecule has 0 N–H and O–H groups in total. The normalized spacial score (nSPS) is 12.3. The molecule has 0 fully saturated rings. The molecule has 21 heavy (non-hydrogen) atoms. The van der Waals surface area contributed by atoms with E-state index in [1.807, 2.05) is 18.2 Å². The third-order valence-corrected chi connectivity index (χ3v) is 3.60. The molecule has 2 aromatic carbocycles. The van der Waals surface area contributed by atoms with E-state index in [0.29, 0.717) is 22.9 Å². The minimum Gasteiger partial charge on any atom is -0.454 e. The Morgan fingerprint density at radius 2 is 2.00 bits per heavy atom. The Morgan fingerprint density at radius 1 is 1.19 bits per heavy atom. The number of ether oxygens (including phenoxy) is 2. The van der Waals surface area contributed by atoms with Crippen LogP contribution in [0.25, 0.3) is 0 Å². The van der Waals surface area contributed by atoms with Crippen LogP contribution in [-0.2, 0) is 11.2 Å². The van der Waals surface area contributed by atoms with Crippen molar-refractivity contribution in [3.8, 4) is 11.5 Å². The number of carbonyl (C=O) groups excluding carboxylic acids is 1. The Bertz CT molecular complexity index is 687. The van der Waals surface area contributed by atoms with E-state index in [1.165, 1.54) is 0 Å². The van der Waals surface area contributed by atoms with Gasteiger partial charge in [0.25, 0.3) is 0 Å².